The molecule has 102 valence electrons. The second kappa shape index (κ2) is 5.52. The lowest BCUT2D eigenvalue weighted by molar-refractivity contribution is 0.599. The monoisotopic (exact) mass is 278 g/mol. The number of rotatable bonds is 4. The highest BCUT2D eigenvalue weighted by Crippen LogP contribution is 2.12. The molecule has 1 N–H and O–H groups in total. The molecule has 0 unspecified atom stereocenters. The average molecular weight is 278 g/mol. The Morgan fingerprint density at radius 3 is 2.74 bits per heavy atom. The summed E-state index contributed by atoms with van der Waals surface area (Å²) in [5.74, 6) is 0.584. The number of hydrogen-bond acceptors (Lipinski definition) is 3. The Hall–Kier alpha value is -1.69. The SMILES string of the molecule is CCCCn1c(C)ccc(-c2n[nH]c(=S)n2C)c1=O. The van der Waals surface area contributed by atoms with Gasteiger partial charge in [-0.15, -0.1) is 0 Å². The summed E-state index contributed by atoms with van der Waals surface area (Å²) in [6, 6.07) is 3.76. The lowest BCUT2D eigenvalue weighted by Crippen LogP contribution is -2.24. The quantitative estimate of drug-likeness (QED) is 0.874. The van der Waals surface area contributed by atoms with E-state index in [4.69, 9.17) is 12.2 Å². The van der Waals surface area contributed by atoms with Gasteiger partial charge < -0.3 is 9.13 Å². The maximum Gasteiger partial charge on any atom is 0.261 e. The number of aromatic nitrogens is 4. The molecule has 0 spiro atoms. The molecule has 0 amide bonds. The van der Waals surface area contributed by atoms with Crippen molar-refractivity contribution in [3.8, 4) is 11.4 Å². The molecule has 0 atom stereocenters. The van der Waals surface area contributed by atoms with Crippen LogP contribution in [0.4, 0.5) is 0 Å². The standard InChI is InChI=1S/C13H18N4OS/c1-4-5-8-17-9(2)6-7-10(12(17)18)11-14-15-13(19)16(11)3/h6-7H,4-5,8H2,1-3H3,(H,15,19). The number of nitrogens with zero attached hydrogens (tertiary/aromatic N) is 3. The van der Waals surface area contributed by atoms with E-state index in [-0.39, 0.29) is 5.56 Å². The third-order valence-corrected chi connectivity index (χ3v) is 3.61. The molecule has 0 aliphatic heterocycles. The highest BCUT2D eigenvalue weighted by Gasteiger charge is 2.12. The van der Waals surface area contributed by atoms with Crippen molar-refractivity contribution >= 4 is 12.2 Å². The predicted octanol–water partition coefficient (Wildman–Crippen LogP) is 2.41. The molecular weight excluding hydrogens is 260 g/mol. The van der Waals surface area contributed by atoms with E-state index in [9.17, 15) is 4.79 Å². The average Bonchev–Trinajstić information content (AvgIpc) is 2.71. The fourth-order valence-corrected chi connectivity index (χ4v) is 2.16. The van der Waals surface area contributed by atoms with Crippen molar-refractivity contribution in [3.63, 3.8) is 0 Å². The van der Waals surface area contributed by atoms with Crippen LogP contribution in [-0.2, 0) is 13.6 Å². The zero-order valence-corrected chi connectivity index (χ0v) is 12.3. The molecule has 0 radical (unpaired) electrons. The van der Waals surface area contributed by atoms with Crippen molar-refractivity contribution < 1.29 is 0 Å². The molecule has 5 nitrogen and oxygen atoms in total. The Kier molecular flexibility index (Phi) is 3.99. The number of pyridine rings is 1. The van der Waals surface area contributed by atoms with Gasteiger partial charge in [0.25, 0.3) is 5.56 Å². The summed E-state index contributed by atoms with van der Waals surface area (Å²) in [6.45, 7) is 4.80. The summed E-state index contributed by atoms with van der Waals surface area (Å²) < 4.78 is 4.03. The lowest BCUT2D eigenvalue weighted by atomic mass is 10.2. The van der Waals surface area contributed by atoms with E-state index >= 15 is 0 Å². The van der Waals surface area contributed by atoms with Gasteiger partial charge >= 0.3 is 0 Å². The number of hydrogen-bond donors (Lipinski definition) is 1. The lowest BCUT2D eigenvalue weighted by Gasteiger charge is -2.11. The minimum absolute atomic E-state index is 0.00875. The van der Waals surface area contributed by atoms with E-state index in [0.29, 0.717) is 16.2 Å². The van der Waals surface area contributed by atoms with Gasteiger partial charge in [-0.25, -0.2) is 0 Å². The normalized spacial score (nSPS) is 10.9. The van der Waals surface area contributed by atoms with Crippen molar-refractivity contribution in [2.24, 2.45) is 7.05 Å². The number of unbranched alkanes of at least 4 members (excludes halogenated alkanes) is 1. The highest BCUT2D eigenvalue weighted by atomic mass is 32.1. The van der Waals surface area contributed by atoms with Gasteiger partial charge in [-0.1, -0.05) is 13.3 Å². The van der Waals surface area contributed by atoms with E-state index < -0.39 is 0 Å². The molecule has 2 rings (SSSR count). The fourth-order valence-electron chi connectivity index (χ4n) is 2.02. The van der Waals surface area contributed by atoms with Crippen LogP contribution in [0.1, 0.15) is 25.5 Å². The van der Waals surface area contributed by atoms with Crippen LogP contribution >= 0.6 is 12.2 Å². The van der Waals surface area contributed by atoms with Gasteiger partial charge in [0.1, 0.15) is 0 Å². The first-order valence-electron chi connectivity index (χ1n) is 6.38. The van der Waals surface area contributed by atoms with E-state index in [1.54, 1.807) is 16.2 Å². The van der Waals surface area contributed by atoms with Gasteiger partial charge in [0.05, 0.1) is 5.56 Å². The summed E-state index contributed by atoms with van der Waals surface area (Å²) >= 11 is 5.08. The molecule has 0 saturated heterocycles. The first kappa shape index (κ1) is 13.7. The number of nitrogens with one attached hydrogen (secondary N) is 1. The van der Waals surface area contributed by atoms with Crippen molar-refractivity contribution in [2.45, 2.75) is 33.2 Å². The maximum absolute atomic E-state index is 12.5. The Labute approximate surface area is 116 Å². The Bertz CT molecular complexity index is 695. The molecular formula is C13H18N4OS. The number of aryl methyl sites for hydroxylation is 1. The van der Waals surface area contributed by atoms with Crippen LogP contribution in [0.3, 0.4) is 0 Å². The second-order valence-electron chi connectivity index (χ2n) is 4.61. The van der Waals surface area contributed by atoms with E-state index in [2.05, 4.69) is 17.1 Å². The van der Waals surface area contributed by atoms with E-state index in [1.807, 2.05) is 19.1 Å². The molecule has 2 heterocycles. The van der Waals surface area contributed by atoms with Crippen LogP contribution in [-0.4, -0.2) is 19.3 Å². The van der Waals surface area contributed by atoms with Crippen LogP contribution in [0.15, 0.2) is 16.9 Å². The first-order chi connectivity index (χ1) is 9.06. The van der Waals surface area contributed by atoms with E-state index in [0.717, 1.165) is 25.1 Å². The Balaban J connectivity index is 2.57. The molecule has 2 aromatic heterocycles. The zero-order valence-electron chi connectivity index (χ0n) is 11.4. The summed E-state index contributed by atoms with van der Waals surface area (Å²) in [5, 5.41) is 6.84. The molecule has 0 aliphatic rings. The second-order valence-corrected chi connectivity index (χ2v) is 5.00. The van der Waals surface area contributed by atoms with E-state index in [1.165, 1.54) is 0 Å². The van der Waals surface area contributed by atoms with Crippen molar-refractivity contribution in [2.75, 3.05) is 0 Å². The maximum atomic E-state index is 12.5. The largest absolute Gasteiger partial charge is 0.312 e. The smallest absolute Gasteiger partial charge is 0.261 e. The summed E-state index contributed by atoms with van der Waals surface area (Å²) in [4.78, 5) is 12.5. The molecule has 0 aliphatic carbocycles. The predicted molar refractivity (Wildman–Crippen MR) is 77.7 cm³/mol. The molecule has 0 fully saturated rings. The van der Waals surface area contributed by atoms with Crippen molar-refractivity contribution in [1.29, 1.82) is 0 Å². The minimum Gasteiger partial charge on any atom is -0.312 e. The van der Waals surface area contributed by atoms with Crippen LogP contribution < -0.4 is 5.56 Å². The van der Waals surface area contributed by atoms with Crippen LogP contribution in [0, 0.1) is 11.7 Å². The van der Waals surface area contributed by atoms with Gasteiger partial charge in [0.2, 0.25) is 0 Å². The van der Waals surface area contributed by atoms with Gasteiger partial charge in [-0.05, 0) is 37.7 Å². The Morgan fingerprint density at radius 1 is 1.42 bits per heavy atom. The van der Waals surface area contributed by atoms with Crippen LogP contribution in [0.25, 0.3) is 11.4 Å². The third-order valence-electron chi connectivity index (χ3n) is 3.25. The van der Waals surface area contributed by atoms with Gasteiger partial charge in [0.15, 0.2) is 10.6 Å². The summed E-state index contributed by atoms with van der Waals surface area (Å²) in [5.41, 5.74) is 1.54. The summed E-state index contributed by atoms with van der Waals surface area (Å²) in [6.07, 6.45) is 2.05. The number of H-pyrrole nitrogens is 1. The third kappa shape index (κ3) is 2.53. The summed E-state index contributed by atoms with van der Waals surface area (Å²) in [7, 11) is 1.80. The fraction of sp³-hybridized carbons (Fsp3) is 0.462. The van der Waals surface area contributed by atoms with Crippen molar-refractivity contribution in [3.05, 3.63) is 33.0 Å². The van der Waals surface area contributed by atoms with Gasteiger partial charge in [0, 0.05) is 19.3 Å². The molecule has 0 aromatic carbocycles. The van der Waals surface area contributed by atoms with Crippen molar-refractivity contribution in [1.82, 2.24) is 19.3 Å². The Morgan fingerprint density at radius 2 is 2.16 bits per heavy atom. The first-order valence-corrected chi connectivity index (χ1v) is 6.79. The minimum atomic E-state index is -0.00875. The molecule has 19 heavy (non-hydrogen) atoms. The number of aromatic amines is 1. The molecule has 0 saturated carbocycles. The van der Waals surface area contributed by atoms with Gasteiger partial charge in [-0.2, -0.15) is 5.10 Å². The topological polar surface area (TPSA) is 55.6 Å². The molecule has 0 bridgehead atoms. The molecule has 6 heteroatoms. The molecule has 2 aromatic rings. The zero-order chi connectivity index (χ0) is 14.0. The van der Waals surface area contributed by atoms with Crippen LogP contribution in [0.2, 0.25) is 0 Å². The van der Waals surface area contributed by atoms with Crippen LogP contribution in [0.5, 0.6) is 0 Å². The highest BCUT2D eigenvalue weighted by molar-refractivity contribution is 7.71. The van der Waals surface area contributed by atoms with Gasteiger partial charge in [-0.3, -0.25) is 9.89 Å².